The Bertz CT molecular complexity index is 519. The molecule has 1 aliphatic rings. The van der Waals surface area contributed by atoms with E-state index in [2.05, 4.69) is 5.32 Å². The van der Waals surface area contributed by atoms with Crippen molar-refractivity contribution in [3.8, 4) is 0 Å². The fourth-order valence-corrected chi connectivity index (χ4v) is 3.51. The highest BCUT2D eigenvalue weighted by Crippen LogP contribution is 2.49. The average molecular weight is 301 g/mol. The molecule has 1 atom stereocenters. The molecule has 110 valence electrons. The summed E-state index contributed by atoms with van der Waals surface area (Å²) in [5, 5.41) is 2.72. The van der Waals surface area contributed by atoms with Crippen molar-refractivity contribution in [3.05, 3.63) is 41.0 Å². The van der Waals surface area contributed by atoms with Gasteiger partial charge in [-0.25, -0.2) is 0 Å². The van der Waals surface area contributed by atoms with Crippen molar-refractivity contribution in [2.24, 2.45) is 0 Å². The molecule has 1 aliphatic heterocycles. The largest absolute Gasteiger partial charge is 0.421 e. The minimum Gasteiger partial charge on any atom is -0.363 e. The van der Waals surface area contributed by atoms with Gasteiger partial charge in [-0.15, -0.1) is 11.8 Å². The van der Waals surface area contributed by atoms with E-state index in [1.165, 1.54) is 0 Å². The van der Waals surface area contributed by atoms with E-state index in [-0.39, 0.29) is 6.42 Å². The van der Waals surface area contributed by atoms with E-state index in [0.29, 0.717) is 11.4 Å². The van der Waals surface area contributed by atoms with Crippen molar-refractivity contribution >= 4 is 17.4 Å². The lowest BCUT2D eigenvalue weighted by Gasteiger charge is -2.40. The Balaban J connectivity index is 2.32. The fourth-order valence-electron chi connectivity index (χ4n) is 2.13. The molecule has 0 aliphatic carbocycles. The molecule has 0 fully saturated rings. The maximum atomic E-state index is 13.6. The Labute approximate surface area is 121 Å². The van der Waals surface area contributed by atoms with Crippen LogP contribution in [0.1, 0.15) is 25.8 Å². The molecule has 1 heterocycles. The van der Waals surface area contributed by atoms with Crippen molar-refractivity contribution in [2.75, 3.05) is 11.1 Å². The number of hydrogen-bond donors (Lipinski definition) is 1. The molecule has 1 aromatic carbocycles. The lowest BCUT2D eigenvalue weighted by molar-refractivity contribution is -0.152. The van der Waals surface area contributed by atoms with Crippen LogP contribution in [0.2, 0.25) is 0 Å². The van der Waals surface area contributed by atoms with Gasteiger partial charge in [-0.3, -0.25) is 0 Å². The molecule has 1 nitrogen and oxygen atoms in total. The minimum atomic E-state index is -4.30. The highest BCUT2D eigenvalue weighted by Gasteiger charge is 2.56. The van der Waals surface area contributed by atoms with Gasteiger partial charge < -0.3 is 5.32 Å². The van der Waals surface area contributed by atoms with Gasteiger partial charge in [-0.2, -0.15) is 13.2 Å². The predicted octanol–water partition coefficient (Wildman–Crippen LogP) is 5.14. The fraction of sp³-hybridized carbons (Fsp3) is 0.467. The summed E-state index contributed by atoms with van der Waals surface area (Å²) >= 11 is 0.935. The highest BCUT2D eigenvalue weighted by atomic mass is 32.2. The molecule has 1 aromatic rings. The maximum absolute atomic E-state index is 13.6. The van der Waals surface area contributed by atoms with Gasteiger partial charge in [0.2, 0.25) is 0 Å². The van der Waals surface area contributed by atoms with E-state index in [9.17, 15) is 13.2 Å². The number of alkyl halides is 3. The number of benzene rings is 1. The summed E-state index contributed by atoms with van der Waals surface area (Å²) in [6, 6.07) is 7.02. The number of anilines is 1. The van der Waals surface area contributed by atoms with Gasteiger partial charge in [0.25, 0.3) is 0 Å². The maximum Gasteiger partial charge on any atom is 0.421 e. The van der Waals surface area contributed by atoms with E-state index in [0.717, 1.165) is 28.5 Å². The molecule has 0 radical (unpaired) electrons. The van der Waals surface area contributed by atoms with Crippen LogP contribution in [0, 0.1) is 6.92 Å². The first-order valence-electron chi connectivity index (χ1n) is 6.44. The van der Waals surface area contributed by atoms with Gasteiger partial charge in [-0.05, 0) is 32.9 Å². The Morgan fingerprint density at radius 2 is 1.65 bits per heavy atom. The van der Waals surface area contributed by atoms with Crippen LogP contribution in [0.3, 0.4) is 0 Å². The van der Waals surface area contributed by atoms with Crippen LogP contribution in [-0.2, 0) is 0 Å². The molecule has 0 saturated carbocycles. The Kier molecular flexibility index (Phi) is 4.09. The smallest absolute Gasteiger partial charge is 0.363 e. The zero-order valence-electron chi connectivity index (χ0n) is 11.8. The Morgan fingerprint density at radius 3 is 2.15 bits per heavy atom. The summed E-state index contributed by atoms with van der Waals surface area (Å²) < 4.78 is 40.7. The summed E-state index contributed by atoms with van der Waals surface area (Å²) in [7, 11) is 0. The third kappa shape index (κ3) is 2.97. The van der Waals surface area contributed by atoms with Crippen LogP contribution in [0.25, 0.3) is 0 Å². The van der Waals surface area contributed by atoms with Gasteiger partial charge in [-0.1, -0.05) is 28.8 Å². The quantitative estimate of drug-likeness (QED) is 0.759. The van der Waals surface area contributed by atoms with Crippen LogP contribution in [0.4, 0.5) is 18.9 Å². The number of thioether (sulfide) groups is 1. The number of hydrogen-bond acceptors (Lipinski definition) is 2. The van der Waals surface area contributed by atoms with Gasteiger partial charge in [0.1, 0.15) is 0 Å². The number of nitrogens with one attached hydrogen (secondary N) is 1. The first kappa shape index (κ1) is 15.3. The molecule has 1 unspecified atom stereocenters. The van der Waals surface area contributed by atoms with Crippen molar-refractivity contribution in [1.82, 2.24) is 0 Å². The van der Waals surface area contributed by atoms with E-state index in [1.54, 1.807) is 19.1 Å². The van der Waals surface area contributed by atoms with Crippen LogP contribution in [0.5, 0.6) is 0 Å². The number of aryl methyl sites for hydroxylation is 1. The van der Waals surface area contributed by atoms with Gasteiger partial charge >= 0.3 is 6.18 Å². The zero-order valence-corrected chi connectivity index (χ0v) is 12.6. The molecule has 20 heavy (non-hydrogen) atoms. The molecule has 2 rings (SSSR count). The Hall–Kier alpha value is -1.10. The molecule has 0 saturated heterocycles. The van der Waals surface area contributed by atoms with Crippen molar-refractivity contribution in [3.63, 3.8) is 0 Å². The Morgan fingerprint density at radius 1 is 1.05 bits per heavy atom. The van der Waals surface area contributed by atoms with Gasteiger partial charge in [0, 0.05) is 17.9 Å². The van der Waals surface area contributed by atoms with E-state index in [1.807, 2.05) is 26.0 Å². The lowest BCUT2D eigenvalue weighted by atomic mass is 10.0. The van der Waals surface area contributed by atoms with E-state index >= 15 is 0 Å². The molecular weight excluding hydrogens is 283 g/mol. The SMILES string of the molecule is CC1=C(C)CC(Nc2ccc(C)cc2)(C(F)(F)F)SC1. The summed E-state index contributed by atoms with van der Waals surface area (Å²) in [4.78, 5) is -1.92. The molecule has 0 aromatic heterocycles. The standard InChI is InChI=1S/C15H18F3NS/c1-10-4-6-13(7-5-10)19-14(15(16,17)18)8-11(2)12(3)9-20-14/h4-7,19H,8-9H2,1-3H3. The normalized spacial score (nSPS) is 23.9. The molecule has 0 spiro atoms. The molecule has 5 heteroatoms. The molecule has 0 bridgehead atoms. The number of halogens is 3. The second-order valence-corrected chi connectivity index (χ2v) is 6.62. The second kappa shape index (κ2) is 5.35. The third-order valence-electron chi connectivity index (χ3n) is 3.63. The highest BCUT2D eigenvalue weighted by molar-refractivity contribution is 8.01. The first-order chi connectivity index (χ1) is 9.23. The van der Waals surface area contributed by atoms with E-state index < -0.39 is 11.0 Å². The monoisotopic (exact) mass is 301 g/mol. The zero-order chi connectivity index (χ0) is 15.0. The molecule has 1 N–H and O–H groups in total. The van der Waals surface area contributed by atoms with Crippen LogP contribution in [0.15, 0.2) is 35.4 Å². The second-order valence-electron chi connectivity index (χ2n) is 5.34. The summed E-state index contributed by atoms with van der Waals surface area (Å²) in [5.41, 5.74) is 3.40. The summed E-state index contributed by atoms with van der Waals surface area (Å²) in [5.74, 6) is 0.407. The van der Waals surface area contributed by atoms with E-state index in [4.69, 9.17) is 0 Å². The lowest BCUT2D eigenvalue weighted by Crippen LogP contribution is -2.50. The third-order valence-corrected chi connectivity index (χ3v) is 5.18. The first-order valence-corrected chi connectivity index (χ1v) is 7.43. The molecule has 0 amide bonds. The molecular formula is C15H18F3NS. The predicted molar refractivity (Wildman–Crippen MR) is 79.0 cm³/mol. The van der Waals surface area contributed by atoms with Crippen molar-refractivity contribution in [2.45, 2.75) is 38.2 Å². The summed E-state index contributed by atoms with van der Waals surface area (Å²) in [6.45, 7) is 5.59. The van der Waals surface area contributed by atoms with Crippen LogP contribution >= 0.6 is 11.8 Å². The minimum absolute atomic E-state index is 0.0130. The van der Waals surface area contributed by atoms with Crippen molar-refractivity contribution in [1.29, 1.82) is 0 Å². The van der Waals surface area contributed by atoms with Crippen molar-refractivity contribution < 1.29 is 13.2 Å². The topological polar surface area (TPSA) is 12.0 Å². The summed E-state index contributed by atoms with van der Waals surface area (Å²) in [6.07, 6.45) is -4.31. The van der Waals surface area contributed by atoms with Crippen LogP contribution in [-0.4, -0.2) is 16.8 Å². The van der Waals surface area contributed by atoms with Gasteiger partial charge in [0.05, 0.1) is 0 Å². The van der Waals surface area contributed by atoms with Crippen LogP contribution < -0.4 is 5.32 Å². The number of rotatable bonds is 2. The van der Waals surface area contributed by atoms with Gasteiger partial charge in [0.15, 0.2) is 4.87 Å². The average Bonchev–Trinajstić information content (AvgIpc) is 2.35.